The van der Waals surface area contributed by atoms with Crippen molar-refractivity contribution < 1.29 is 9.53 Å². The lowest BCUT2D eigenvalue weighted by Crippen LogP contribution is -2.28. The van der Waals surface area contributed by atoms with E-state index < -0.39 is 0 Å². The molecule has 150 valence electrons. The van der Waals surface area contributed by atoms with Gasteiger partial charge in [-0.2, -0.15) is 0 Å². The van der Waals surface area contributed by atoms with E-state index >= 15 is 0 Å². The maximum Gasteiger partial charge on any atom is 0.258 e. The third-order valence-electron chi connectivity index (χ3n) is 4.45. The van der Waals surface area contributed by atoms with Crippen molar-refractivity contribution in [1.29, 1.82) is 0 Å². The van der Waals surface area contributed by atoms with Gasteiger partial charge in [-0.05, 0) is 29.8 Å². The lowest BCUT2D eigenvalue weighted by atomic mass is 10.1. The zero-order chi connectivity index (χ0) is 20.8. The predicted octanol–water partition coefficient (Wildman–Crippen LogP) is 5.83. The van der Waals surface area contributed by atoms with Gasteiger partial charge in [0.1, 0.15) is 10.8 Å². The van der Waals surface area contributed by atoms with Crippen LogP contribution in [0.1, 0.15) is 5.56 Å². The molecule has 3 aromatic carbocycles. The normalized spacial score (nSPS) is 10.6. The van der Waals surface area contributed by atoms with Gasteiger partial charge in [0.15, 0.2) is 6.61 Å². The Labute approximate surface area is 184 Å². The summed E-state index contributed by atoms with van der Waals surface area (Å²) in [5, 5.41) is 6.56. The maximum absolute atomic E-state index is 12.0. The minimum absolute atomic E-state index is 0.0409. The summed E-state index contributed by atoms with van der Waals surface area (Å²) in [6, 6.07) is 25.1. The summed E-state index contributed by atoms with van der Waals surface area (Å²) in [4.78, 5) is 16.7. The second kappa shape index (κ2) is 9.57. The van der Waals surface area contributed by atoms with Crippen molar-refractivity contribution in [3.8, 4) is 27.6 Å². The van der Waals surface area contributed by atoms with Crippen LogP contribution in [0.3, 0.4) is 0 Å². The molecule has 0 aliphatic carbocycles. The van der Waals surface area contributed by atoms with E-state index in [1.807, 2.05) is 42.5 Å². The summed E-state index contributed by atoms with van der Waals surface area (Å²) in [7, 11) is 0. The van der Waals surface area contributed by atoms with Crippen LogP contribution in [-0.4, -0.2) is 17.5 Å². The van der Waals surface area contributed by atoms with Gasteiger partial charge in [-0.3, -0.25) is 4.79 Å². The van der Waals surface area contributed by atoms with E-state index in [0.717, 1.165) is 27.4 Å². The Morgan fingerprint density at radius 1 is 0.933 bits per heavy atom. The molecule has 0 spiro atoms. The lowest BCUT2D eigenvalue weighted by Gasteiger charge is -2.08. The van der Waals surface area contributed by atoms with Gasteiger partial charge in [0, 0.05) is 28.1 Å². The molecule has 1 N–H and O–H groups in total. The van der Waals surface area contributed by atoms with Crippen LogP contribution in [-0.2, 0) is 11.3 Å². The molecular weight excluding hydrogens is 416 g/mol. The number of hydrogen-bond acceptors (Lipinski definition) is 4. The molecule has 0 radical (unpaired) electrons. The molecule has 0 aliphatic rings. The number of aromatic nitrogens is 1. The summed E-state index contributed by atoms with van der Waals surface area (Å²) in [6.07, 6.45) is 0. The van der Waals surface area contributed by atoms with Crippen LogP contribution in [0.25, 0.3) is 21.8 Å². The summed E-state index contributed by atoms with van der Waals surface area (Å²) in [5.41, 5.74) is 4.13. The quantitative estimate of drug-likeness (QED) is 0.398. The molecule has 0 saturated carbocycles. The highest BCUT2D eigenvalue weighted by molar-refractivity contribution is 7.13. The zero-order valence-electron chi connectivity index (χ0n) is 16.0. The van der Waals surface area contributed by atoms with Crippen LogP contribution in [0.5, 0.6) is 5.75 Å². The van der Waals surface area contributed by atoms with Crippen LogP contribution < -0.4 is 10.1 Å². The smallest absolute Gasteiger partial charge is 0.258 e. The molecule has 0 unspecified atom stereocenters. The molecule has 1 amide bonds. The van der Waals surface area contributed by atoms with Crippen LogP contribution >= 0.6 is 22.9 Å². The van der Waals surface area contributed by atoms with Crippen molar-refractivity contribution in [3.63, 3.8) is 0 Å². The van der Waals surface area contributed by atoms with E-state index in [-0.39, 0.29) is 12.5 Å². The summed E-state index contributed by atoms with van der Waals surface area (Å²) in [6.45, 7) is 0.399. The Balaban J connectivity index is 1.30. The van der Waals surface area contributed by atoms with Crippen molar-refractivity contribution in [1.82, 2.24) is 10.3 Å². The number of rotatable bonds is 7. The highest BCUT2D eigenvalue weighted by atomic mass is 35.5. The van der Waals surface area contributed by atoms with Gasteiger partial charge in [0.05, 0.1) is 5.69 Å². The van der Waals surface area contributed by atoms with Gasteiger partial charge in [-0.1, -0.05) is 66.2 Å². The van der Waals surface area contributed by atoms with Crippen LogP contribution in [0.4, 0.5) is 0 Å². The van der Waals surface area contributed by atoms with E-state index in [9.17, 15) is 4.79 Å². The predicted molar refractivity (Wildman–Crippen MR) is 122 cm³/mol. The van der Waals surface area contributed by atoms with Crippen LogP contribution in [0.15, 0.2) is 84.2 Å². The monoisotopic (exact) mass is 434 g/mol. The first-order valence-corrected chi connectivity index (χ1v) is 10.7. The second-order valence-corrected chi connectivity index (χ2v) is 7.91. The molecule has 4 aromatic rings. The molecule has 0 fully saturated rings. The molecule has 0 atom stereocenters. The molecule has 1 heterocycles. The largest absolute Gasteiger partial charge is 0.484 e. The average molecular weight is 435 g/mol. The number of benzene rings is 3. The fourth-order valence-electron chi connectivity index (χ4n) is 2.84. The number of hydrogen-bond donors (Lipinski definition) is 1. The summed E-state index contributed by atoms with van der Waals surface area (Å²) < 4.78 is 5.45. The fourth-order valence-corrected chi connectivity index (χ4v) is 3.81. The topological polar surface area (TPSA) is 51.2 Å². The Morgan fingerprint density at radius 2 is 1.67 bits per heavy atom. The number of carbonyl (C=O) groups is 1. The molecule has 6 heteroatoms. The number of ether oxygens (including phenoxy) is 1. The average Bonchev–Trinajstić information content (AvgIpc) is 3.29. The van der Waals surface area contributed by atoms with E-state index in [0.29, 0.717) is 17.3 Å². The number of thiazole rings is 1. The summed E-state index contributed by atoms with van der Waals surface area (Å²) >= 11 is 7.46. The second-order valence-electron chi connectivity index (χ2n) is 6.62. The molecule has 0 bridgehead atoms. The molecule has 4 rings (SSSR count). The maximum atomic E-state index is 12.0. The van der Waals surface area contributed by atoms with Crippen molar-refractivity contribution in [2.45, 2.75) is 6.54 Å². The standard InChI is InChI=1S/C24H19ClN2O2S/c25-20-10-12-21(13-11-20)29-15-23(28)26-14-17-6-8-18(9-7-17)22-16-30-24(27-22)19-4-2-1-3-5-19/h1-13,16H,14-15H2,(H,26,28). The van der Waals surface area contributed by atoms with Gasteiger partial charge < -0.3 is 10.1 Å². The van der Waals surface area contributed by atoms with E-state index in [1.165, 1.54) is 0 Å². The van der Waals surface area contributed by atoms with E-state index in [1.54, 1.807) is 35.6 Å². The van der Waals surface area contributed by atoms with Crippen molar-refractivity contribution in [2.75, 3.05) is 6.61 Å². The Bertz CT molecular complexity index is 1110. The Hall–Kier alpha value is -3.15. The van der Waals surface area contributed by atoms with Gasteiger partial charge >= 0.3 is 0 Å². The van der Waals surface area contributed by atoms with Crippen molar-refractivity contribution >= 4 is 28.8 Å². The first kappa shape index (κ1) is 20.1. The highest BCUT2D eigenvalue weighted by Crippen LogP contribution is 2.28. The molecular formula is C24H19ClN2O2S. The Morgan fingerprint density at radius 3 is 2.40 bits per heavy atom. The van der Waals surface area contributed by atoms with Gasteiger partial charge in [-0.25, -0.2) is 4.98 Å². The van der Waals surface area contributed by atoms with Crippen molar-refractivity contribution in [2.24, 2.45) is 0 Å². The van der Waals surface area contributed by atoms with Gasteiger partial charge in [0.2, 0.25) is 0 Å². The molecule has 4 nitrogen and oxygen atoms in total. The zero-order valence-corrected chi connectivity index (χ0v) is 17.6. The van der Waals surface area contributed by atoms with Crippen LogP contribution in [0.2, 0.25) is 5.02 Å². The minimum atomic E-state index is -0.180. The Kier molecular flexibility index (Phi) is 6.42. The SMILES string of the molecule is O=C(COc1ccc(Cl)cc1)NCc1ccc(-c2csc(-c3ccccc3)n2)cc1. The number of halogens is 1. The molecule has 0 saturated heterocycles. The highest BCUT2D eigenvalue weighted by Gasteiger charge is 2.07. The number of nitrogens with zero attached hydrogens (tertiary/aromatic N) is 1. The lowest BCUT2D eigenvalue weighted by molar-refractivity contribution is -0.123. The third kappa shape index (κ3) is 5.26. The van der Waals surface area contributed by atoms with Gasteiger partial charge in [0.25, 0.3) is 5.91 Å². The molecule has 1 aromatic heterocycles. The fraction of sp³-hybridized carbons (Fsp3) is 0.0833. The molecule has 0 aliphatic heterocycles. The minimum Gasteiger partial charge on any atom is -0.484 e. The van der Waals surface area contributed by atoms with E-state index in [2.05, 4.69) is 22.8 Å². The van der Waals surface area contributed by atoms with Gasteiger partial charge in [-0.15, -0.1) is 11.3 Å². The van der Waals surface area contributed by atoms with Crippen LogP contribution in [0, 0.1) is 0 Å². The summed E-state index contributed by atoms with van der Waals surface area (Å²) in [5.74, 6) is 0.429. The van der Waals surface area contributed by atoms with E-state index in [4.69, 9.17) is 21.3 Å². The third-order valence-corrected chi connectivity index (χ3v) is 5.59. The number of nitrogens with one attached hydrogen (secondary N) is 1. The number of amides is 1. The molecule has 30 heavy (non-hydrogen) atoms. The number of carbonyl (C=O) groups excluding carboxylic acids is 1. The van der Waals surface area contributed by atoms with Crippen molar-refractivity contribution in [3.05, 3.63) is 94.8 Å². The first-order chi connectivity index (χ1) is 14.7. The first-order valence-electron chi connectivity index (χ1n) is 9.43.